The predicted molar refractivity (Wildman–Crippen MR) is 132 cm³/mol. The quantitative estimate of drug-likeness (QED) is 0.533. The minimum atomic E-state index is -1.41. The minimum absolute atomic E-state index is 0.0693. The van der Waals surface area contributed by atoms with Crippen molar-refractivity contribution in [2.45, 2.75) is 37.6 Å². The van der Waals surface area contributed by atoms with Crippen molar-refractivity contribution in [1.82, 2.24) is 10.3 Å². The van der Waals surface area contributed by atoms with Crippen molar-refractivity contribution in [2.24, 2.45) is 5.92 Å². The van der Waals surface area contributed by atoms with Crippen molar-refractivity contribution in [3.8, 4) is 11.3 Å². The lowest BCUT2D eigenvalue weighted by atomic mass is 9.90. The molecule has 32 heavy (non-hydrogen) atoms. The average Bonchev–Trinajstić information content (AvgIpc) is 2.81. The molecule has 0 aliphatic heterocycles. The van der Waals surface area contributed by atoms with E-state index in [-0.39, 0.29) is 11.9 Å². The Morgan fingerprint density at radius 3 is 2.56 bits per heavy atom. The van der Waals surface area contributed by atoms with Gasteiger partial charge in [0.2, 0.25) is 0 Å². The molecule has 1 N–H and O–H groups in total. The minimum Gasteiger partial charge on any atom is -0.346 e. The molecule has 0 bridgehead atoms. The highest BCUT2D eigenvalue weighted by Crippen LogP contribution is 2.33. The third-order valence-corrected chi connectivity index (χ3v) is 6.85. The van der Waals surface area contributed by atoms with Crippen LogP contribution in [0.25, 0.3) is 22.2 Å². The summed E-state index contributed by atoms with van der Waals surface area (Å²) >= 11 is 0. The molecule has 0 saturated heterocycles. The van der Waals surface area contributed by atoms with Crippen molar-refractivity contribution < 1.29 is 9.00 Å². The molecule has 5 heteroatoms. The Hall–Kier alpha value is -3.05. The fourth-order valence-corrected chi connectivity index (χ4v) is 5.24. The van der Waals surface area contributed by atoms with Crippen LogP contribution in [0.3, 0.4) is 0 Å². The van der Waals surface area contributed by atoms with Gasteiger partial charge in [-0.3, -0.25) is 9.00 Å². The van der Waals surface area contributed by atoms with Crippen molar-refractivity contribution in [1.29, 1.82) is 0 Å². The molecule has 3 aromatic rings. The third kappa shape index (κ3) is 4.44. The highest BCUT2D eigenvalue weighted by atomic mass is 32.2. The van der Waals surface area contributed by atoms with Crippen LogP contribution in [0, 0.1) is 5.92 Å². The summed E-state index contributed by atoms with van der Waals surface area (Å²) in [5.41, 5.74) is 3.83. The van der Waals surface area contributed by atoms with Crippen LogP contribution in [0.4, 0.5) is 0 Å². The lowest BCUT2D eigenvalue weighted by Gasteiger charge is -2.25. The number of pyridine rings is 1. The number of para-hydroxylation sites is 1. The van der Waals surface area contributed by atoms with E-state index < -0.39 is 10.8 Å². The summed E-state index contributed by atoms with van der Waals surface area (Å²) in [7, 11) is -1.41. The van der Waals surface area contributed by atoms with Crippen LogP contribution in [0.1, 0.15) is 37.0 Å². The van der Waals surface area contributed by atoms with Gasteiger partial charge >= 0.3 is 0 Å². The Bertz CT molecular complexity index is 1230. The largest absolute Gasteiger partial charge is 0.346 e. The molecule has 0 radical (unpaired) electrons. The molecule has 0 spiro atoms. The van der Waals surface area contributed by atoms with Gasteiger partial charge in [-0.2, -0.15) is 0 Å². The zero-order chi connectivity index (χ0) is 22.7. The second kappa shape index (κ2) is 9.61. The van der Waals surface area contributed by atoms with Gasteiger partial charge in [-0.15, -0.1) is 0 Å². The normalized spacial score (nSPS) is 17.6. The first-order valence-electron chi connectivity index (χ1n) is 11.0. The van der Waals surface area contributed by atoms with Crippen LogP contribution in [0.2, 0.25) is 0 Å². The Morgan fingerprint density at radius 1 is 1.16 bits per heavy atom. The average molecular weight is 445 g/mol. The number of fused-ring (bicyclic) bond motifs is 1. The standard InChI is InChI=1S/C27H28N2O2S/c1-4-22(20-14-10-11-18(2)17-20)29-27(30)24-21-15-8-9-16-23(21)28-25(26(24)32(3)31)19-12-6-5-7-13-19/h5-16,18,22H,4,17H2,1-3H3,(H,29,30)/t18?,22-,32?/m0/s1. The highest BCUT2D eigenvalue weighted by molar-refractivity contribution is 7.84. The van der Waals surface area contributed by atoms with Crippen LogP contribution in [0.5, 0.6) is 0 Å². The van der Waals surface area contributed by atoms with Gasteiger partial charge in [0.05, 0.1) is 38.5 Å². The first kappa shape index (κ1) is 22.2. The van der Waals surface area contributed by atoms with E-state index in [9.17, 15) is 9.00 Å². The van der Waals surface area contributed by atoms with E-state index in [2.05, 4.69) is 37.4 Å². The molecular weight excluding hydrogens is 416 g/mol. The van der Waals surface area contributed by atoms with Crippen LogP contribution >= 0.6 is 0 Å². The SMILES string of the molecule is CC[C@H](NC(=O)c1c(S(C)=O)c(-c2ccccc2)nc2ccccc12)C1=CC=CC(C)C1. The zero-order valence-corrected chi connectivity index (χ0v) is 19.5. The summed E-state index contributed by atoms with van der Waals surface area (Å²) < 4.78 is 13.0. The van der Waals surface area contributed by atoms with Gasteiger partial charge in [-0.25, -0.2) is 4.98 Å². The molecule has 3 atom stereocenters. The molecule has 1 aliphatic rings. The second-order valence-electron chi connectivity index (χ2n) is 8.24. The van der Waals surface area contributed by atoms with Gasteiger partial charge in [-0.05, 0) is 30.4 Å². The maximum atomic E-state index is 13.7. The van der Waals surface area contributed by atoms with E-state index in [1.54, 1.807) is 6.26 Å². The van der Waals surface area contributed by atoms with Crippen LogP contribution in [0.15, 0.2) is 83.3 Å². The van der Waals surface area contributed by atoms with E-state index in [0.29, 0.717) is 27.6 Å². The van der Waals surface area contributed by atoms with Crippen molar-refractivity contribution in [3.05, 3.63) is 84.0 Å². The van der Waals surface area contributed by atoms with Crippen molar-refractivity contribution in [3.63, 3.8) is 0 Å². The summed E-state index contributed by atoms with van der Waals surface area (Å²) in [5.74, 6) is 0.243. The van der Waals surface area contributed by atoms with E-state index in [0.717, 1.165) is 23.8 Å². The van der Waals surface area contributed by atoms with Gasteiger partial charge in [-0.1, -0.05) is 80.6 Å². The Morgan fingerprint density at radius 2 is 1.88 bits per heavy atom. The number of carbonyl (C=O) groups is 1. The molecule has 1 heterocycles. The number of hydrogen-bond donors (Lipinski definition) is 1. The first-order valence-corrected chi connectivity index (χ1v) is 12.5. The fourth-order valence-electron chi connectivity index (χ4n) is 4.31. The molecule has 1 amide bonds. The summed E-state index contributed by atoms with van der Waals surface area (Å²) in [4.78, 5) is 19.0. The number of nitrogens with one attached hydrogen (secondary N) is 1. The summed E-state index contributed by atoms with van der Waals surface area (Å²) in [6, 6.07) is 17.2. The topological polar surface area (TPSA) is 59.1 Å². The number of allylic oxidation sites excluding steroid dienone is 3. The van der Waals surface area contributed by atoms with E-state index in [1.807, 2.05) is 54.6 Å². The number of rotatable bonds is 6. The van der Waals surface area contributed by atoms with Crippen molar-refractivity contribution in [2.75, 3.05) is 6.26 Å². The van der Waals surface area contributed by atoms with Gasteiger partial charge in [0.1, 0.15) is 0 Å². The van der Waals surface area contributed by atoms with Crippen LogP contribution in [-0.2, 0) is 10.8 Å². The Kier molecular flexibility index (Phi) is 6.66. The lowest BCUT2D eigenvalue weighted by Crippen LogP contribution is -2.37. The van der Waals surface area contributed by atoms with Gasteiger partial charge < -0.3 is 5.32 Å². The Balaban J connectivity index is 1.86. The zero-order valence-electron chi connectivity index (χ0n) is 18.7. The number of aromatic nitrogens is 1. The summed E-state index contributed by atoms with van der Waals surface area (Å²) in [6.45, 7) is 4.26. The predicted octanol–water partition coefficient (Wildman–Crippen LogP) is 5.67. The molecule has 1 aliphatic carbocycles. The molecule has 2 unspecified atom stereocenters. The number of hydrogen-bond acceptors (Lipinski definition) is 3. The molecule has 4 nitrogen and oxygen atoms in total. The van der Waals surface area contributed by atoms with Crippen LogP contribution in [-0.4, -0.2) is 27.4 Å². The third-order valence-electron chi connectivity index (χ3n) is 5.88. The fraction of sp³-hybridized carbons (Fsp3) is 0.259. The summed E-state index contributed by atoms with van der Waals surface area (Å²) in [6.07, 6.45) is 9.68. The monoisotopic (exact) mass is 444 g/mol. The summed E-state index contributed by atoms with van der Waals surface area (Å²) in [5, 5.41) is 3.95. The highest BCUT2D eigenvalue weighted by Gasteiger charge is 2.26. The van der Waals surface area contributed by atoms with Gasteiger partial charge in [0.25, 0.3) is 5.91 Å². The molecule has 164 valence electrons. The lowest BCUT2D eigenvalue weighted by molar-refractivity contribution is 0.0939. The molecular formula is C27H28N2O2S. The maximum Gasteiger partial charge on any atom is 0.253 e. The number of amides is 1. The number of benzene rings is 2. The van der Waals surface area contributed by atoms with Crippen LogP contribution < -0.4 is 5.32 Å². The molecule has 0 fully saturated rings. The molecule has 0 saturated carbocycles. The van der Waals surface area contributed by atoms with Gasteiger partial charge in [0.15, 0.2) is 0 Å². The maximum absolute atomic E-state index is 13.7. The second-order valence-corrected chi connectivity index (χ2v) is 9.56. The molecule has 4 rings (SSSR count). The molecule has 1 aromatic heterocycles. The van der Waals surface area contributed by atoms with Crippen molar-refractivity contribution >= 4 is 27.6 Å². The van der Waals surface area contributed by atoms with E-state index in [1.165, 1.54) is 5.57 Å². The number of carbonyl (C=O) groups excluding carboxylic acids is 1. The Labute approximate surface area is 191 Å². The van der Waals surface area contributed by atoms with E-state index >= 15 is 0 Å². The molecule has 2 aromatic carbocycles. The van der Waals surface area contributed by atoms with Gasteiger partial charge in [0, 0.05) is 17.2 Å². The number of nitrogens with zero attached hydrogens (tertiary/aromatic N) is 1. The smallest absolute Gasteiger partial charge is 0.253 e. The first-order chi connectivity index (χ1) is 15.5. The van der Waals surface area contributed by atoms with E-state index in [4.69, 9.17) is 4.98 Å².